The first-order valence-corrected chi connectivity index (χ1v) is 26.7. The van der Waals surface area contributed by atoms with E-state index in [2.05, 4.69) is 54.5 Å². The molecule has 0 amide bonds. The molecule has 0 radical (unpaired) electrons. The summed E-state index contributed by atoms with van der Waals surface area (Å²) in [5.41, 5.74) is -2.02. The topological polar surface area (TPSA) is 354 Å². The second-order valence-electron chi connectivity index (χ2n) is 25.5. The summed E-state index contributed by atoms with van der Waals surface area (Å²) in [5.74, 6) is -0.917. The molecule has 0 aromatic heterocycles. The molecule has 4 saturated heterocycles. The van der Waals surface area contributed by atoms with E-state index >= 15 is 4.79 Å². The standard InChI is InChI=1S/C52H84O22/c1-47(2)14-15-52(46(66)74-45-39(64)35(60)34(59)27(71-45)21-69-42-40(65)36(61)41(26(18-53)70-42)73-44-38(63)33(58)25(55)20-68-44)23(16-47)22-8-9-29-49(5)12-11-31(72-43-37(62)32(57)24(54)19-67-43)48(3,4)28(49)10-13-50(29,6)51(22,7)17-30(52)56/h8,23-45,53-65H,9-21H2,1-7H3/t23-,24-,25-,26+,27+,28-,29+,30+,31-,32-,33-,34+,35-,36+,37+,38+,39+,40+,41+,42+,43-,44-,45-,49-,50+,51+,52+/m0/s1. The molecule has 74 heavy (non-hydrogen) atoms. The molecule has 0 unspecified atom stereocenters. The van der Waals surface area contributed by atoms with Gasteiger partial charge in [0.25, 0.3) is 0 Å². The first-order valence-electron chi connectivity index (χ1n) is 26.7. The lowest BCUT2D eigenvalue weighted by Gasteiger charge is -2.71. The fourth-order valence-corrected chi connectivity index (χ4v) is 16.0. The third kappa shape index (κ3) is 9.16. The normalized spacial score (nSPS) is 54.1. The summed E-state index contributed by atoms with van der Waals surface area (Å²) in [6.45, 7) is 13.6. The summed E-state index contributed by atoms with van der Waals surface area (Å²) in [6, 6.07) is 0. The Kier molecular flexibility index (Phi) is 15.8. The molecule has 22 heteroatoms. The van der Waals surface area contributed by atoms with Crippen LogP contribution in [0.1, 0.15) is 106 Å². The fraction of sp³-hybridized carbons (Fsp3) is 0.942. The summed E-state index contributed by atoms with van der Waals surface area (Å²) in [4.78, 5) is 15.1. The van der Waals surface area contributed by atoms with Crippen LogP contribution in [-0.4, -0.2) is 222 Å². The highest BCUT2D eigenvalue weighted by Crippen LogP contribution is 2.76. The van der Waals surface area contributed by atoms with Crippen LogP contribution < -0.4 is 0 Å². The molecule has 9 rings (SSSR count). The molecule has 4 saturated carbocycles. The Morgan fingerprint density at radius 3 is 1.85 bits per heavy atom. The smallest absolute Gasteiger partial charge is 0.317 e. The number of aliphatic hydroxyl groups is 13. The van der Waals surface area contributed by atoms with E-state index in [0.29, 0.717) is 19.3 Å². The number of fused-ring (bicyclic) bond motifs is 7. The van der Waals surface area contributed by atoms with Crippen molar-refractivity contribution in [2.45, 2.75) is 229 Å². The predicted molar refractivity (Wildman–Crippen MR) is 252 cm³/mol. The van der Waals surface area contributed by atoms with Gasteiger partial charge in [-0.25, -0.2) is 0 Å². The molecule has 22 nitrogen and oxygen atoms in total. The molecule has 424 valence electrons. The van der Waals surface area contributed by atoms with E-state index < -0.39 is 159 Å². The molecule has 9 aliphatic rings. The zero-order valence-corrected chi connectivity index (χ0v) is 43.5. The molecule has 4 heterocycles. The highest BCUT2D eigenvalue weighted by molar-refractivity contribution is 5.80. The minimum atomic E-state index is -1.94. The average molecular weight is 1060 g/mol. The zero-order valence-electron chi connectivity index (χ0n) is 43.5. The van der Waals surface area contributed by atoms with Crippen LogP contribution in [0.15, 0.2) is 11.6 Å². The van der Waals surface area contributed by atoms with Crippen molar-refractivity contribution in [3.63, 3.8) is 0 Å². The van der Waals surface area contributed by atoms with Gasteiger partial charge < -0.3 is 104 Å². The Morgan fingerprint density at radius 2 is 1.22 bits per heavy atom. The van der Waals surface area contributed by atoms with Gasteiger partial charge >= 0.3 is 5.97 Å². The van der Waals surface area contributed by atoms with Crippen molar-refractivity contribution in [1.82, 2.24) is 0 Å². The molecule has 5 aliphatic carbocycles. The van der Waals surface area contributed by atoms with Gasteiger partial charge in [0.15, 0.2) is 18.9 Å². The van der Waals surface area contributed by atoms with Crippen molar-refractivity contribution >= 4 is 5.97 Å². The first-order chi connectivity index (χ1) is 34.6. The molecule has 8 fully saturated rings. The van der Waals surface area contributed by atoms with Crippen molar-refractivity contribution in [3.8, 4) is 0 Å². The highest BCUT2D eigenvalue weighted by Gasteiger charge is 2.72. The summed E-state index contributed by atoms with van der Waals surface area (Å²) in [5, 5.41) is 140. The van der Waals surface area contributed by atoms with Crippen LogP contribution in [0.2, 0.25) is 0 Å². The van der Waals surface area contributed by atoms with E-state index in [0.717, 1.165) is 31.3 Å². The monoisotopic (exact) mass is 1060 g/mol. The summed E-state index contributed by atoms with van der Waals surface area (Å²) < 4.78 is 46.5. The number of allylic oxidation sites excluding steroid dienone is 2. The average Bonchev–Trinajstić information content (AvgIpc) is 3.34. The van der Waals surface area contributed by atoms with Crippen LogP contribution in [0.3, 0.4) is 0 Å². The highest BCUT2D eigenvalue weighted by atomic mass is 16.8. The number of carbonyl (C=O) groups is 1. The van der Waals surface area contributed by atoms with Crippen LogP contribution in [0.5, 0.6) is 0 Å². The number of hydrogen-bond acceptors (Lipinski definition) is 22. The van der Waals surface area contributed by atoms with Crippen LogP contribution in [0.25, 0.3) is 0 Å². The van der Waals surface area contributed by atoms with E-state index in [9.17, 15) is 66.4 Å². The number of esters is 1. The van der Waals surface area contributed by atoms with Gasteiger partial charge in [0, 0.05) is 0 Å². The molecule has 27 atom stereocenters. The van der Waals surface area contributed by atoms with E-state index in [1.165, 1.54) is 0 Å². The molecule has 0 spiro atoms. The largest absolute Gasteiger partial charge is 0.432 e. The SMILES string of the molecule is CC1(C)CC[C@]2(C(=O)O[C@@H]3O[C@H](CO[C@@H]4O[C@H](CO)[C@@H](O[C@@H]5OC[C@H](O)[C@H](O)[C@H]5O)[C@H](O)[C@H]4O)[C@@H](O)[C@H](O)[C@H]3O)[C@H](O)C[C@]3(C)C(=CC[C@@H]4[C@@]5(C)CC[C@H](O[C@@H]6OC[C@H](O)[C@H](O)[C@H]6O)C(C)(C)[C@@H]5CC[C@]43C)[C@@H]2C1. The van der Waals surface area contributed by atoms with Crippen molar-refractivity contribution in [2.75, 3.05) is 26.4 Å². The van der Waals surface area contributed by atoms with E-state index in [4.69, 9.17) is 37.9 Å². The maximum absolute atomic E-state index is 15.1. The van der Waals surface area contributed by atoms with Crippen molar-refractivity contribution < 1.29 is 109 Å². The van der Waals surface area contributed by atoms with Crippen molar-refractivity contribution in [3.05, 3.63) is 11.6 Å². The third-order valence-electron chi connectivity index (χ3n) is 20.6. The summed E-state index contributed by atoms with van der Waals surface area (Å²) in [6.07, 6.45) is -22.5. The van der Waals surface area contributed by atoms with Gasteiger partial charge in [0.2, 0.25) is 6.29 Å². The Labute approximate surface area is 431 Å². The van der Waals surface area contributed by atoms with Crippen molar-refractivity contribution in [1.29, 1.82) is 0 Å². The predicted octanol–water partition coefficient (Wildman–Crippen LogP) is -1.79. The summed E-state index contributed by atoms with van der Waals surface area (Å²) in [7, 11) is 0. The van der Waals surface area contributed by atoms with Gasteiger partial charge in [-0.3, -0.25) is 4.79 Å². The Morgan fingerprint density at radius 1 is 0.622 bits per heavy atom. The number of hydrogen-bond donors (Lipinski definition) is 13. The number of carbonyl (C=O) groups excluding carboxylic acids is 1. The van der Waals surface area contributed by atoms with E-state index in [1.54, 1.807) is 0 Å². The number of rotatable bonds is 10. The van der Waals surface area contributed by atoms with Crippen molar-refractivity contribution in [2.24, 2.45) is 50.2 Å². The fourth-order valence-electron chi connectivity index (χ4n) is 16.0. The molecule has 0 aromatic carbocycles. The van der Waals surface area contributed by atoms with Gasteiger partial charge in [0.05, 0.1) is 38.6 Å². The van der Waals surface area contributed by atoms with E-state index in [-0.39, 0.29) is 59.0 Å². The van der Waals surface area contributed by atoms with Gasteiger partial charge in [-0.05, 0) is 103 Å². The molecule has 13 N–H and O–H groups in total. The van der Waals surface area contributed by atoms with Crippen LogP contribution in [0.4, 0.5) is 0 Å². The van der Waals surface area contributed by atoms with Gasteiger partial charge in [-0.1, -0.05) is 60.1 Å². The minimum Gasteiger partial charge on any atom is -0.432 e. The third-order valence-corrected chi connectivity index (χ3v) is 20.6. The van der Waals surface area contributed by atoms with Gasteiger partial charge in [0.1, 0.15) is 90.9 Å². The lowest BCUT2D eigenvalue weighted by molar-refractivity contribution is -0.355. The molecule has 0 bridgehead atoms. The Bertz CT molecular complexity index is 2040. The molecule has 4 aliphatic heterocycles. The molecular weight excluding hydrogens is 977 g/mol. The second-order valence-corrected chi connectivity index (χ2v) is 25.5. The zero-order chi connectivity index (χ0) is 54.0. The molecule has 0 aromatic rings. The minimum absolute atomic E-state index is 0.147. The van der Waals surface area contributed by atoms with Crippen LogP contribution >= 0.6 is 0 Å². The van der Waals surface area contributed by atoms with Crippen LogP contribution in [0, 0.1) is 50.2 Å². The maximum atomic E-state index is 15.1. The molecular formula is C52H84O22. The second kappa shape index (κ2) is 20.5. The lowest BCUT2D eigenvalue weighted by Crippen LogP contribution is -2.68. The number of ether oxygens (including phenoxy) is 8. The lowest BCUT2D eigenvalue weighted by atomic mass is 9.33. The van der Waals surface area contributed by atoms with Gasteiger partial charge in [-0.15, -0.1) is 0 Å². The number of aliphatic hydroxyl groups excluding tert-OH is 13. The first kappa shape index (κ1) is 57.1. The maximum Gasteiger partial charge on any atom is 0.317 e. The van der Waals surface area contributed by atoms with Gasteiger partial charge in [-0.2, -0.15) is 0 Å². The van der Waals surface area contributed by atoms with E-state index in [1.807, 2.05) is 0 Å². The Balaban J connectivity index is 0.908. The quantitative estimate of drug-likeness (QED) is 0.0653. The Hall–Kier alpha value is -1.59. The van der Waals surface area contributed by atoms with Crippen LogP contribution in [-0.2, 0) is 42.7 Å². The summed E-state index contributed by atoms with van der Waals surface area (Å²) >= 11 is 0.